The fourth-order valence-corrected chi connectivity index (χ4v) is 18.4. The number of unbranched alkanes of at least 4 members (excludes halogenated alkanes) is 13. The van der Waals surface area contributed by atoms with Gasteiger partial charge in [-0.2, -0.15) is 0 Å². The van der Waals surface area contributed by atoms with E-state index in [0.29, 0.717) is 167 Å². The molecule has 4 saturated heterocycles. The number of methoxy groups -OCH3 is 1. The number of hydrogen-bond donors (Lipinski definition) is 13. The molecule has 4 aliphatic rings. The number of aliphatic hydroxyl groups is 10. The summed E-state index contributed by atoms with van der Waals surface area (Å²) in [5.41, 5.74) is -0.659. The Morgan fingerprint density at radius 1 is 0.407 bits per heavy atom. The first-order valence-corrected chi connectivity index (χ1v) is 48.1. The Morgan fingerprint density at radius 2 is 0.789 bits per heavy atom. The number of alkyl carbamates (subject to hydrolysis) is 1. The van der Waals surface area contributed by atoms with Crippen molar-refractivity contribution in [2.75, 3.05) is 105 Å². The van der Waals surface area contributed by atoms with Crippen molar-refractivity contribution >= 4 is 74.7 Å². The van der Waals surface area contributed by atoms with Crippen LogP contribution in [0.5, 0.6) is 0 Å². The van der Waals surface area contributed by atoms with Crippen LogP contribution in [0, 0.1) is 23.2 Å². The summed E-state index contributed by atoms with van der Waals surface area (Å²) in [6, 6.07) is -0.261. The standard InChI is InChI=1S/C88H156N4O29S2/c1-61-77(105)80(108)69(58-94)119-83(61)115-47-24-32-65(97)30-16-10-7-15-23-46-91-86(111)118-52-29-42-88(55-67(99)39-53-122-123-87(4,5)43-38-66(98)31-19-20-35-74(102)92-56-68(112-6)54-64(92)57-93,40-27-50-113-75(103)36-17-11-8-13-21-44-89-72(100)33-25-48-116-84-62(2)78(106)81(109)70(59-95)120-84)41-28-51-114-76(104)37-18-12-9-14-22-45-90-73(101)34-26-49-117-85-63(3)79(107)82(110)71(60-96)121-85/h61-64,68-71,77-85,93-96,105-110H,7-60H2,1-6H3,(H,89,100)(H,90,101)(H,91,111)/t61?,62?,63?,64-,68+,69?,70?,71?,77?,78?,79?,80?,81?,82?,83?,84?,85?,88?/m1/s1. The van der Waals surface area contributed by atoms with Gasteiger partial charge in [0, 0.05) is 132 Å². The molecule has 123 heavy (non-hydrogen) atoms. The van der Waals surface area contributed by atoms with Crippen molar-refractivity contribution in [3.63, 3.8) is 0 Å². The monoisotopic (exact) mass is 1800 g/mol. The molecule has 0 bridgehead atoms. The highest BCUT2D eigenvalue weighted by molar-refractivity contribution is 8.77. The Morgan fingerprint density at radius 3 is 1.23 bits per heavy atom. The van der Waals surface area contributed by atoms with Gasteiger partial charge >= 0.3 is 18.0 Å². The van der Waals surface area contributed by atoms with E-state index in [1.54, 1.807) is 54.4 Å². The minimum atomic E-state index is -1.23. The molecule has 0 aromatic carbocycles. The lowest BCUT2D eigenvalue weighted by Crippen LogP contribution is -2.55. The fraction of sp³-hybridized carbons (Fsp3) is 0.898. The van der Waals surface area contributed by atoms with Gasteiger partial charge in [0.1, 0.15) is 54.0 Å². The molecule has 0 aromatic heterocycles. The van der Waals surface area contributed by atoms with Crippen LogP contribution in [0.1, 0.15) is 285 Å². The smallest absolute Gasteiger partial charge is 0.407 e. The van der Waals surface area contributed by atoms with Crippen LogP contribution in [-0.2, 0) is 85.7 Å². The van der Waals surface area contributed by atoms with E-state index in [9.17, 15) is 94.2 Å². The largest absolute Gasteiger partial charge is 0.466 e. The van der Waals surface area contributed by atoms with Crippen molar-refractivity contribution in [3.8, 4) is 0 Å². The average molecular weight is 1800 g/mol. The first-order chi connectivity index (χ1) is 59.0. The molecular formula is C88H156N4O29S2. The van der Waals surface area contributed by atoms with E-state index < -0.39 is 123 Å². The van der Waals surface area contributed by atoms with Crippen molar-refractivity contribution < 1.29 is 142 Å². The summed E-state index contributed by atoms with van der Waals surface area (Å²) in [6.45, 7) is 10.4. The van der Waals surface area contributed by atoms with Crippen LogP contribution in [0.2, 0.25) is 0 Å². The topological polar surface area (TPSA) is 488 Å². The predicted molar refractivity (Wildman–Crippen MR) is 461 cm³/mol. The van der Waals surface area contributed by atoms with Gasteiger partial charge in [-0.15, -0.1) is 0 Å². The number of amides is 4. The normalized spacial score (nSPS) is 25.3. The molecule has 714 valence electrons. The molecule has 33 nitrogen and oxygen atoms in total. The summed E-state index contributed by atoms with van der Waals surface area (Å²) in [7, 11) is 4.80. The summed E-state index contributed by atoms with van der Waals surface area (Å²) >= 11 is 0. The number of ether oxygens (including phenoxy) is 10. The highest BCUT2D eigenvalue weighted by atomic mass is 33.1. The van der Waals surface area contributed by atoms with Crippen molar-refractivity contribution in [1.29, 1.82) is 0 Å². The number of esters is 2. The lowest BCUT2D eigenvalue weighted by Gasteiger charge is -2.40. The van der Waals surface area contributed by atoms with Gasteiger partial charge in [-0.25, -0.2) is 4.79 Å². The summed E-state index contributed by atoms with van der Waals surface area (Å²) in [6.07, 6.45) is 8.01. The maximum atomic E-state index is 14.4. The van der Waals surface area contributed by atoms with Crippen molar-refractivity contribution in [2.24, 2.45) is 23.2 Å². The van der Waals surface area contributed by atoms with E-state index in [4.69, 9.17) is 47.4 Å². The second-order valence-corrected chi connectivity index (χ2v) is 37.7. The molecule has 15 unspecified atom stereocenters. The van der Waals surface area contributed by atoms with Gasteiger partial charge in [0.25, 0.3) is 0 Å². The van der Waals surface area contributed by atoms with Gasteiger partial charge in [0.2, 0.25) is 17.7 Å². The average Bonchev–Trinajstić information content (AvgIpc) is 1.61. The molecule has 0 aliphatic carbocycles. The molecule has 13 N–H and O–H groups in total. The van der Waals surface area contributed by atoms with Gasteiger partial charge in [0.15, 0.2) is 18.9 Å². The molecule has 4 fully saturated rings. The van der Waals surface area contributed by atoms with E-state index in [1.807, 2.05) is 0 Å². The molecule has 4 heterocycles. The number of nitrogens with zero attached hydrogens (tertiary/aromatic N) is 1. The summed E-state index contributed by atoms with van der Waals surface area (Å²) in [4.78, 5) is 119. The van der Waals surface area contributed by atoms with Crippen LogP contribution < -0.4 is 16.0 Å². The van der Waals surface area contributed by atoms with Crippen LogP contribution in [0.25, 0.3) is 0 Å². The molecule has 35 heteroatoms. The maximum Gasteiger partial charge on any atom is 0.407 e. The Balaban J connectivity index is 1.28. The van der Waals surface area contributed by atoms with Gasteiger partial charge in [-0.05, 0) is 141 Å². The van der Waals surface area contributed by atoms with Crippen LogP contribution in [0.3, 0.4) is 0 Å². The molecule has 4 amide bonds. The van der Waals surface area contributed by atoms with Gasteiger partial charge < -0.3 is 119 Å². The number of nitrogens with one attached hydrogen (secondary N) is 3. The zero-order chi connectivity index (χ0) is 90.4. The molecule has 4 aliphatic heterocycles. The number of carbonyl (C=O) groups excluding carboxylic acids is 9. The molecule has 4 rings (SSSR count). The predicted octanol–water partition coefficient (Wildman–Crippen LogP) is 7.59. The van der Waals surface area contributed by atoms with E-state index in [-0.39, 0.29) is 149 Å². The van der Waals surface area contributed by atoms with E-state index in [0.717, 1.165) is 77.0 Å². The fourth-order valence-electron chi connectivity index (χ4n) is 15.8. The number of aliphatic hydroxyl groups excluding tert-OH is 10. The van der Waals surface area contributed by atoms with E-state index in [2.05, 4.69) is 29.8 Å². The minimum absolute atomic E-state index is 0.0238. The van der Waals surface area contributed by atoms with Crippen LogP contribution >= 0.6 is 21.6 Å². The number of carbonyl (C=O) groups is 9. The molecule has 0 aromatic rings. The molecular weight excluding hydrogens is 1640 g/mol. The second-order valence-electron chi connectivity index (χ2n) is 34.6. The lowest BCUT2D eigenvalue weighted by molar-refractivity contribution is -0.282. The summed E-state index contributed by atoms with van der Waals surface area (Å²) in [5.74, 6) is -1.80. The second kappa shape index (κ2) is 64.4. The third-order valence-electron chi connectivity index (χ3n) is 23.7. The summed E-state index contributed by atoms with van der Waals surface area (Å²) in [5, 5.41) is 108. The Bertz CT molecular complexity index is 2720. The third-order valence-corrected chi connectivity index (χ3v) is 27.1. The third kappa shape index (κ3) is 45.7. The van der Waals surface area contributed by atoms with Crippen LogP contribution in [0.15, 0.2) is 0 Å². The Hall–Kier alpha value is -4.35. The number of Topliss-reactive ketones (excluding diaryl/α,β-unsaturated/α-hetero) is 3. The first kappa shape index (κ1) is 111. The number of likely N-dealkylation sites (tertiary alicyclic amines) is 1. The summed E-state index contributed by atoms with van der Waals surface area (Å²) < 4.78 is 56.4. The maximum absolute atomic E-state index is 14.4. The van der Waals surface area contributed by atoms with Gasteiger partial charge in [0.05, 0.1) is 96.5 Å². The zero-order valence-corrected chi connectivity index (χ0v) is 76.1. The van der Waals surface area contributed by atoms with Gasteiger partial charge in [-0.1, -0.05) is 100 Å². The van der Waals surface area contributed by atoms with Crippen LogP contribution in [0.4, 0.5) is 4.79 Å². The molecule has 17 atom stereocenters. The van der Waals surface area contributed by atoms with Crippen molar-refractivity contribution in [3.05, 3.63) is 0 Å². The molecule has 0 saturated carbocycles. The van der Waals surface area contributed by atoms with Crippen LogP contribution in [-0.4, -0.2) is 305 Å². The zero-order valence-electron chi connectivity index (χ0n) is 74.5. The van der Waals surface area contributed by atoms with E-state index in [1.165, 1.54) is 0 Å². The molecule has 0 radical (unpaired) electrons. The Labute approximate surface area is 737 Å². The highest BCUT2D eigenvalue weighted by Gasteiger charge is 2.45. The SMILES string of the molecule is CO[C@H]1C[C@H](CO)N(C(=O)CCCCC(=O)CCC(C)(C)SSCCC(=O)CC(CCCOC(=O)CCCCCCCNC(=O)CCCOC2OC(CO)C(O)C(O)C2C)(CCCOC(=O)CCCCCCCNC(=O)CCCOC2OC(CO)C(O)C(O)C2C)CCCOC(=O)NCCCCCCCC(=O)CCCOC2OC(CO)C(O)C(O)C2C)C1. The molecule has 0 spiro atoms. The minimum Gasteiger partial charge on any atom is -0.466 e. The lowest BCUT2D eigenvalue weighted by atomic mass is 9.71. The van der Waals surface area contributed by atoms with Gasteiger partial charge in [-0.3, -0.25) is 38.4 Å². The highest BCUT2D eigenvalue weighted by Crippen LogP contribution is 2.43. The van der Waals surface area contributed by atoms with E-state index >= 15 is 0 Å². The first-order valence-electron chi connectivity index (χ1n) is 45.8. The number of hydrogen-bond acceptors (Lipinski definition) is 31. The number of rotatable bonds is 71. The van der Waals surface area contributed by atoms with Crippen molar-refractivity contribution in [2.45, 2.75) is 376 Å². The van der Waals surface area contributed by atoms with Crippen molar-refractivity contribution in [1.82, 2.24) is 20.9 Å². The Kier molecular flexibility index (Phi) is 58.1. The number of ketones is 3. The quantitative estimate of drug-likeness (QED) is 0.0121.